The van der Waals surface area contributed by atoms with Gasteiger partial charge >= 0.3 is 0 Å². The monoisotopic (exact) mass is 459 g/mol. The number of hydrogen-bond acceptors (Lipinski definition) is 3. The van der Waals surface area contributed by atoms with E-state index in [2.05, 4.69) is 45.0 Å². The molecule has 1 aliphatic heterocycles. The molecule has 3 heterocycles. The maximum Gasteiger partial charge on any atom is 0.170 e. The zero-order valence-corrected chi connectivity index (χ0v) is 17.8. The number of benzene rings is 1. The lowest BCUT2D eigenvalue weighted by atomic mass is 10.0. The summed E-state index contributed by atoms with van der Waals surface area (Å²) in [6.07, 6.45) is 1.76. The summed E-state index contributed by atoms with van der Waals surface area (Å²) >= 11 is 8.87. The number of hydrogen-bond donors (Lipinski definition) is 1. The highest BCUT2D eigenvalue weighted by Gasteiger charge is 2.42. The van der Waals surface area contributed by atoms with Crippen molar-refractivity contribution in [3.63, 3.8) is 0 Å². The second-order valence-corrected chi connectivity index (χ2v) is 8.26. The molecule has 0 saturated carbocycles. The van der Waals surface area contributed by atoms with Crippen LogP contribution in [0.25, 0.3) is 11.3 Å². The minimum Gasteiger partial charge on any atom is -0.459 e. The van der Waals surface area contributed by atoms with Crippen LogP contribution in [0.5, 0.6) is 0 Å². The molecule has 1 fully saturated rings. The predicted molar refractivity (Wildman–Crippen MR) is 114 cm³/mol. The first-order valence-corrected chi connectivity index (χ1v) is 10.2. The standard InChI is InChI=1S/C21H19BrFN3OS/c1-12(2)26-20(19(25-21(26)28)16-5-3-4-10-24-16)18-9-8-17(27-18)14-7-6-13(22)11-15(14)23/h3-12,19-20H,1-2H3,(H,25,28)/t19-,20-/m1/s1. The third kappa shape index (κ3) is 3.44. The first kappa shape index (κ1) is 19.1. The van der Waals surface area contributed by atoms with Crippen molar-refractivity contribution in [3.05, 3.63) is 76.5 Å². The van der Waals surface area contributed by atoms with Gasteiger partial charge in [-0.3, -0.25) is 4.98 Å². The highest BCUT2D eigenvalue weighted by atomic mass is 79.9. The molecule has 1 N–H and O–H groups in total. The summed E-state index contributed by atoms with van der Waals surface area (Å²) in [6.45, 7) is 4.17. The van der Waals surface area contributed by atoms with E-state index in [0.29, 0.717) is 26.7 Å². The van der Waals surface area contributed by atoms with Crippen LogP contribution >= 0.6 is 28.1 Å². The van der Waals surface area contributed by atoms with Gasteiger partial charge in [-0.25, -0.2) is 4.39 Å². The van der Waals surface area contributed by atoms with Crippen molar-refractivity contribution < 1.29 is 8.81 Å². The Morgan fingerprint density at radius 3 is 2.71 bits per heavy atom. The van der Waals surface area contributed by atoms with E-state index in [1.807, 2.05) is 24.3 Å². The van der Waals surface area contributed by atoms with Gasteiger partial charge in [0.1, 0.15) is 23.4 Å². The summed E-state index contributed by atoms with van der Waals surface area (Å²) < 4.78 is 21.2. The largest absolute Gasteiger partial charge is 0.459 e. The van der Waals surface area contributed by atoms with E-state index < -0.39 is 0 Å². The van der Waals surface area contributed by atoms with Crippen LogP contribution < -0.4 is 5.32 Å². The fraction of sp³-hybridized carbons (Fsp3) is 0.238. The number of nitrogens with one attached hydrogen (secondary N) is 1. The first-order valence-electron chi connectivity index (χ1n) is 9.00. The number of pyridine rings is 1. The van der Waals surface area contributed by atoms with Crippen molar-refractivity contribution >= 4 is 33.3 Å². The molecule has 2 atom stereocenters. The average molecular weight is 460 g/mol. The van der Waals surface area contributed by atoms with E-state index in [1.54, 1.807) is 24.4 Å². The zero-order chi connectivity index (χ0) is 19.8. The average Bonchev–Trinajstić information content (AvgIpc) is 3.26. The predicted octanol–water partition coefficient (Wildman–Crippen LogP) is 5.62. The highest BCUT2D eigenvalue weighted by molar-refractivity contribution is 9.10. The fourth-order valence-corrected chi connectivity index (χ4v) is 4.36. The van der Waals surface area contributed by atoms with Crippen molar-refractivity contribution in [1.29, 1.82) is 0 Å². The Morgan fingerprint density at radius 1 is 1.21 bits per heavy atom. The number of halogens is 2. The van der Waals surface area contributed by atoms with Crippen LogP contribution in [-0.4, -0.2) is 21.0 Å². The van der Waals surface area contributed by atoms with Crippen LogP contribution in [0.1, 0.15) is 37.4 Å². The number of nitrogens with zero attached hydrogens (tertiary/aromatic N) is 2. The summed E-state index contributed by atoms with van der Waals surface area (Å²) in [5.41, 5.74) is 1.30. The Bertz CT molecular complexity index is 1010. The molecule has 4 nitrogen and oxygen atoms in total. The van der Waals surface area contributed by atoms with E-state index in [1.165, 1.54) is 6.07 Å². The van der Waals surface area contributed by atoms with Gasteiger partial charge in [0.15, 0.2) is 5.11 Å². The van der Waals surface area contributed by atoms with Crippen LogP contribution in [0.15, 0.2) is 63.6 Å². The molecule has 0 bridgehead atoms. The molecule has 2 aromatic heterocycles. The van der Waals surface area contributed by atoms with Crippen molar-refractivity contribution in [2.45, 2.75) is 32.0 Å². The minimum absolute atomic E-state index is 0.148. The number of furan rings is 1. The summed E-state index contributed by atoms with van der Waals surface area (Å²) in [5, 5.41) is 4.03. The Balaban J connectivity index is 1.76. The van der Waals surface area contributed by atoms with E-state index in [9.17, 15) is 4.39 Å². The van der Waals surface area contributed by atoms with Gasteiger partial charge in [-0.15, -0.1) is 0 Å². The molecule has 0 aliphatic carbocycles. The molecule has 4 rings (SSSR count). The normalized spacial score (nSPS) is 19.3. The second kappa shape index (κ2) is 7.64. The third-order valence-corrected chi connectivity index (χ3v) is 5.63. The fourth-order valence-electron chi connectivity index (χ4n) is 3.57. The van der Waals surface area contributed by atoms with Crippen LogP contribution in [0.3, 0.4) is 0 Å². The van der Waals surface area contributed by atoms with Crippen molar-refractivity contribution in [2.75, 3.05) is 0 Å². The third-order valence-electron chi connectivity index (χ3n) is 4.81. The van der Waals surface area contributed by atoms with Crippen LogP contribution in [0, 0.1) is 5.82 Å². The topological polar surface area (TPSA) is 41.3 Å². The molecule has 0 amide bonds. The van der Waals surface area contributed by atoms with E-state index in [0.717, 1.165) is 5.69 Å². The molecule has 1 saturated heterocycles. The quantitative estimate of drug-likeness (QED) is 0.512. The molecule has 0 radical (unpaired) electrons. The lowest BCUT2D eigenvalue weighted by Crippen LogP contribution is -2.35. The molecular formula is C21H19BrFN3OS. The Morgan fingerprint density at radius 2 is 2.04 bits per heavy atom. The first-order chi connectivity index (χ1) is 13.5. The maximum atomic E-state index is 14.4. The summed E-state index contributed by atoms with van der Waals surface area (Å²) in [5.74, 6) is 0.868. The summed E-state index contributed by atoms with van der Waals surface area (Å²) in [7, 11) is 0. The lowest BCUT2D eigenvalue weighted by Gasteiger charge is -2.29. The van der Waals surface area contributed by atoms with E-state index in [4.69, 9.17) is 16.6 Å². The summed E-state index contributed by atoms with van der Waals surface area (Å²) in [4.78, 5) is 6.60. The Hall–Kier alpha value is -2.25. The van der Waals surface area contributed by atoms with Gasteiger partial charge in [0, 0.05) is 16.7 Å². The molecule has 144 valence electrons. The van der Waals surface area contributed by atoms with Gasteiger partial charge < -0.3 is 14.6 Å². The number of thiocarbonyl (C=S) groups is 1. The van der Waals surface area contributed by atoms with E-state index in [-0.39, 0.29) is 23.9 Å². The molecule has 1 aromatic carbocycles. The van der Waals surface area contributed by atoms with Crippen molar-refractivity contribution in [3.8, 4) is 11.3 Å². The van der Waals surface area contributed by atoms with Gasteiger partial charge in [0.25, 0.3) is 0 Å². The number of rotatable bonds is 4. The van der Waals surface area contributed by atoms with Gasteiger partial charge in [-0.2, -0.15) is 0 Å². The SMILES string of the molecule is CC(C)N1C(=S)N[C@H](c2ccccn2)[C@H]1c1ccc(-c2ccc(Br)cc2F)o1. The van der Waals surface area contributed by atoms with Gasteiger partial charge in [-0.1, -0.05) is 22.0 Å². The van der Waals surface area contributed by atoms with Crippen LogP contribution in [-0.2, 0) is 0 Å². The van der Waals surface area contributed by atoms with Crippen molar-refractivity contribution in [1.82, 2.24) is 15.2 Å². The molecule has 3 aromatic rings. The Kier molecular flexibility index (Phi) is 5.21. The molecule has 7 heteroatoms. The van der Waals surface area contributed by atoms with Crippen LogP contribution in [0.2, 0.25) is 0 Å². The zero-order valence-electron chi connectivity index (χ0n) is 15.4. The maximum absolute atomic E-state index is 14.4. The highest BCUT2D eigenvalue weighted by Crippen LogP contribution is 2.41. The van der Waals surface area contributed by atoms with Crippen LogP contribution in [0.4, 0.5) is 4.39 Å². The Labute approximate surface area is 176 Å². The minimum atomic E-state index is -0.336. The molecule has 0 unspecified atom stereocenters. The van der Waals surface area contributed by atoms with Gasteiger partial charge in [-0.05, 0) is 68.5 Å². The molecule has 1 aliphatic rings. The smallest absolute Gasteiger partial charge is 0.170 e. The number of aromatic nitrogens is 1. The van der Waals surface area contributed by atoms with Crippen molar-refractivity contribution in [2.24, 2.45) is 0 Å². The second-order valence-electron chi connectivity index (χ2n) is 6.95. The molecular weight excluding hydrogens is 441 g/mol. The lowest BCUT2D eigenvalue weighted by molar-refractivity contribution is 0.237. The van der Waals surface area contributed by atoms with Gasteiger partial charge in [0.2, 0.25) is 0 Å². The van der Waals surface area contributed by atoms with Gasteiger partial charge in [0.05, 0.1) is 17.3 Å². The molecule has 28 heavy (non-hydrogen) atoms. The summed E-state index contributed by atoms with van der Waals surface area (Å²) in [6, 6.07) is 14.3. The molecule has 0 spiro atoms. The van der Waals surface area contributed by atoms with E-state index >= 15 is 0 Å².